The average molecular weight is 280 g/mol. The van der Waals surface area contributed by atoms with E-state index in [1.807, 2.05) is 19.1 Å². The highest BCUT2D eigenvalue weighted by atomic mass is 19.4. The molecule has 0 aliphatic rings. The molecule has 0 aliphatic carbocycles. The molecule has 0 heterocycles. The Bertz CT molecular complexity index is 504. The Morgan fingerprint density at radius 1 is 0.950 bits per heavy atom. The predicted octanol–water partition coefficient (Wildman–Crippen LogP) is 4.17. The summed E-state index contributed by atoms with van der Waals surface area (Å²) in [5.74, 6) is 0. The number of rotatable bonds is 5. The number of nitrogens with zero attached hydrogens (tertiary/aromatic N) is 2. The fourth-order valence-corrected chi connectivity index (χ4v) is 1.90. The number of halogens is 3. The monoisotopic (exact) mass is 280 g/mol. The van der Waals surface area contributed by atoms with E-state index >= 15 is 0 Å². The van der Waals surface area contributed by atoms with Crippen molar-refractivity contribution in [2.45, 2.75) is 38.8 Å². The molecule has 0 saturated heterocycles. The fraction of sp³-hybridized carbons (Fsp3) is 0.467. The lowest BCUT2D eigenvalue weighted by Crippen LogP contribution is -2.23. The topological polar surface area (TPSA) is 47.6 Å². The Balaban J connectivity index is 2.86. The van der Waals surface area contributed by atoms with Gasteiger partial charge in [-0.05, 0) is 24.0 Å². The maximum absolute atomic E-state index is 12.3. The highest BCUT2D eigenvalue weighted by molar-refractivity contribution is 5.27. The van der Waals surface area contributed by atoms with Crippen molar-refractivity contribution in [3.05, 3.63) is 35.4 Å². The van der Waals surface area contributed by atoms with E-state index in [-0.39, 0.29) is 6.42 Å². The third-order valence-corrected chi connectivity index (χ3v) is 3.20. The second kappa shape index (κ2) is 6.43. The van der Waals surface area contributed by atoms with Crippen LogP contribution in [0.25, 0.3) is 0 Å². The molecule has 0 atom stereocenters. The summed E-state index contributed by atoms with van der Waals surface area (Å²) in [6.07, 6.45) is -5.11. The zero-order chi connectivity index (χ0) is 15.2. The zero-order valence-electron chi connectivity index (χ0n) is 11.2. The van der Waals surface area contributed by atoms with Gasteiger partial charge in [-0.25, -0.2) is 0 Å². The van der Waals surface area contributed by atoms with E-state index in [1.54, 1.807) is 24.3 Å². The lowest BCUT2D eigenvalue weighted by Gasteiger charge is -2.19. The maximum atomic E-state index is 12.3. The molecule has 1 aromatic carbocycles. The number of benzene rings is 1. The Morgan fingerprint density at radius 2 is 1.45 bits per heavy atom. The van der Waals surface area contributed by atoms with Crippen LogP contribution >= 0.6 is 0 Å². The van der Waals surface area contributed by atoms with Gasteiger partial charge in [0.15, 0.2) is 0 Å². The van der Waals surface area contributed by atoms with Crippen LogP contribution in [-0.2, 0) is 12.8 Å². The minimum absolute atomic E-state index is 0.0140. The van der Waals surface area contributed by atoms with E-state index in [2.05, 4.69) is 0 Å². The lowest BCUT2D eigenvalue weighted by molar-refractivity contribution is -0.138. The standard InChI is InChI=1S/C15H15F3N2/c1-2-12-3-5-13(6-4-12)9-14(10-19,11-20)7-8-15(16,17)18/h3-6H,2,7-9H2,1H3. The molecule has 0 radical (unpaired) electrons. The molecule has 20 heavy (non-hydrogen) atoms. The lowest BCUT2D eigenvalue weighted by atomic mass is 9.80. The third-order valence-electron chi connectivity index (χ3n) is 3.20. The number of nitriles is 2. The van der Waals surface area contributed by atoms with Crippen molar-refractivity contribution >= 4 is 0 Å². The van der Waals surface area contributed by atoms with Gasteiger partial charge >= 0.3 is 6.18 Å². The summed E-state index contributed by atoms with van der Waals surface area (Å²) in [6.45, 7) is 1.99. The molecular weight excluding hydrogens is 265 g/mol. The first-order chi connectivity index (χ1) is 9.34. The molecule has 0 fully saturated rings. The molecule has 5 heteroatoms. The molecule has 0 aromatic heterocycles. The summed E-state index contributed by atoms with van der Waals surface area (Å²) in [6, 6.07) is 10.7. The van der Waals surface area contributed by atoms with Gasteiger partial charge in [0.2, 0.25) is 0 Å². The predicted molar refractivity (Wildman–Crippen MR) is 68.5 cm³/mol. The van der Waals surface area contributed by atoms with Crippen LogP contribution in [0.4, 0.5) is 13.2 Å². The van der Waals surface area contributed by atoms with Gasteiger partial charge in [0, 0.05) is 12.8 Å². The molecule has 0 N–H and O–H groups in total. The number of alkyl halides is 3. The molecule has 2 nitrogen and oxygen atoms in total. The van der Waals surface area contributed by atoms with E-state index in [0.29, 0.717) is 5.56 Å². The van der Waals surface area contributed by atoms with Crippen molar-refractivity contribution in [3.8, 4) is 12.1 Å². The van der Waals surface area contributed by atoms with Crippen molar-refractivity contribution in [2.75, 3.05) is 0 Å². The number of aryl methyl sites for hydroxylation is 1. The van der Waals surface area contributed by atoms with Gasteiger partial charge in [0.25, 0.3) is 0 Å². The Labute approximate surface area is 116 Å². The Hall–Kier alpha value is -2.01. The van der Waals surface area contributed by atoms with Gasteiger partial charge in [-0.15, -0.1) is 0 Å². The van der Waals surface area contributed by atoms with Gasteiger partial charge in [-0.1, -0.05) is 31.2 Å². The summed E-state index contributed by atoms with van der Waals surface area (Å²) in [5, 5.41) is 18.2. The molecular formula is C15H15F3N2. The number of hydrogen-bond donors (Lipinski definition) is 0. The third kappa shape index (κ3) is 4.59. The average Bonchev–Trinajstić information content (AvgIpc) is 2.43. The largest absolute Gasteiger partial charge is 0.389 e. The van der Waals surface area contributed by atoms with Crippen LogP contribution in [0.2, 0.25) is 0 Å². The first-order valence-corrected chi connectivity index (χ1v) is 6.31. The quantitative estimate of drug-likeness (QED) is 0.812. The van der Waals surface area contributed by atoms with Crippen molar-refractivity contribution in [1.82, 2.24) is 0 Å². The number of hydrogen-bond acceptors (Lipinski definition) is 2. The van der Waals surface area contributed by atoms with Crippen molar-refractivity contribution in [2.24, 2.45) is 5.41 Å². The zero-order valence-corrected chi connectivity index (χ0v) is 11.2. The summed E-state index contributed by atoms with van der Waals surface area (Å²) in [7, 11) is 0. The van der Waals surface area contributed by atoms with Crippen LogP contribution in [-0.4, -0.2) is 6.18 Å². The van der Waals surface area contributed by atoms with E-state index < -0.39 is 24.4 Å². The van der Waals surface area contributed by atoms with Crippen LogP contribution < -0.4 is 0 Å². The van der Waals surface area contributed by atoms with Gasteiger partial charge in [0.1, 0.15) is 5.41 Å². The Kier molecular flexibility index (Phi) is 5.16. The molecule has 1 rings (SSSR count). The van der Waals surface area contributed by atoms with Crippen molar-refractivity contribution < 1.29 is 13.2 Å². The molecule has 1 aromatic rings. The van der Waals surface area contributed by atoms with Gasteiger partial charge in [-0.3, -0.25) is 0 Å². The molecule has 106 valence electrons. The van der Waals surface area contributed by atoms with Gasteiger partial charge in [0.05, 0.1) is 12.1 Å². The summed E-state index contributed by atoms with van der Waals surface area (Å²) in [5.41, 5.74) is 0.180. The van der Waals surface area contributed by atoms with Crippen molar-refractivity contribution in [3.63, 3.8) is 0 Å². The minimum atomic E-state index is -4.36. The summed E-state index contributed by atoms with van der Waals surface area (Å²) < 4.78 is 36.8. The normalized spacial score (nSPS) is 11.7. The molecule has 0 amide bonds. The maximum Gasteiger partial charge on any atom is 0.389 e. The SMILES string of the molecule is CCc1ccc(CC(C#N)(C#N)CCC(F)(F)F)cc1. The van der Waals surface area contributed by atoms with Crippen LogP contribution in [0.3, 0.4) is 0 Å². The molecule has 0 spiro atoms. The van der Waals surface area contributed by atoms with Crippen LogP contribution in [0.15, 0.2) is 24.3 Å². The first kappa shape index (κ1) is 16.0. The highest BCUT2D eigenvalue weighted by Crippen LogP contribution is 2.33. The second-order valence-electron chi connectivity index (χ2n) is 4.77. The highest BCUT2D eigenvalue weighted by Gasteiger charge is 2.37. The molecule has 0 aliphatic heterocycles. The molecule has 0 unspecified atom stereocenters. The van der Waals surface area contributed by atoms with Gasteiger partial charge < -0.3 is 0 Å². The fourth-order valence-electron chi connectivity index (χ4n) is 1.90. The van der Waals surface area contributed by atoms with Crippen LogP contribution in [0.5, 0.6) is 0 Å². The van der Waals surface area contributed by atoms with E-state index in [9.17, 15) is 13.2 Å². The molecule has 0 saturated carbocycles. The first-order valence-electron chi connectivity index (χ1n) is 6.31. The van der Waals surface area contributed by atoms with Gasteiger partial charge in [-0.2, -0.15) is 23.7 Å². The summed E-state index contributed by atoms with van der Waals surface area (Å²) in [4.78, 5) is 0. The van der Waals surface area contributed by atoms with Crippen LogP contribution in [0, 0.1) is 28.1 Å². The molecule has 0 bridgehead atoms. The smallest absolute Gasteiger partial charge is 0.197 e. The minimum Gasteiger partial charge on any atom is -0.197 e. The van der Waals surface area contributed by atoms with Crippen LogP contribution in [0.1, 0.15) is 30.9 Å². The van der Waals surface area contributed by atoms with E-state index in [1.165, 1.54) is 0 Å². The summed E-state index contributed by atoms with van der Waals surface area (Å²) >= 11 is 0. The second-order valence-corrected chi connectivity index (χ2v) is 4.77. The van der Waals surface area contributed by atoms with Crippen molar-refractivity contribution in [1.29, 1.82) is 10.5 Å². The van der Waals surface area contributed by atoms with E-state index in [0.717, 1.165) is 12.0 Å². The van der Waals surface area contributed by atoms with E-state index in [4.69, 9.17) is 10.5 Å². The Morgan fingerprint density at radius 3 is 1.85 bits per heavy atom.